The number of aliphatic hydroxyl groups excluding tert-OH is 2. The smallest absolute Gasteiger partial charge is 0.339 e. The van der Waals surface area contributed by atoms with Crippen LogP contribution in [0.4, 0.5) is 0 Å². The Morgan fingerprint density at radius 1 is 1.08 bits per heavy atom. The average molecular weight is 259 g/mol. The number of hydrogen-bond donors (Lipinski definition) is 2. The average Bonchev–Trinajstić information content (AvgIpc) is 1.85. The summed E-state index contributed by atoms with van der Waals surface area (Å²) in [6.45, 7) is 0.696. The fraction of sp³-hybridized carbons (Fsp3) is 1.00. The minimum absolute atomic E-state index is 0.0278. The van der Waals surface area contributed by atoms with Crippen LogP contribution in [0.15, 0.2) is 0 Å². The van der Waals surface area contributed by atoms with Gasteiger partial charge in [-0.3, -0.25) is 4.57 Å². The number of halogens is 3. The van der Waals surface area contributed by atoms with E-state index in [0.29, 0.717) is 13.2 Å². The Morgan fingerprint density at radius 2 is 1.33 bits per heavy atom. The van der Waals surface area contributed by atoms with Crippen molar-refractivity contribution in [1.29, 1.82) is 0 Å². The van der Waals surface area contributed by atoms with Gasteiger partial charge in [-0.05, 0) is 33.7 Å². The van der Waals surface area contributed by atoms with Crippen molar-refractivity contribution >= 4 is 38.9 Å². The molecule has 8 heteroatoms. The topological polar surface area (TPSA) is 66.8 Å². The second-order valence-corrected chi connectivity index (χ2v) is 8.10. The number of ether oxygens (including phenoxy) is 1. The fourth-order valence-corrected chi connectivity index (χ4v) is 0.231. The van der Waals surface area contributed by atoms with Crippen LogP contribution in [0.2, 0.25) is 0 Å². The van der Waals surface area contributed by atoms with Crippen LogP contribution in [0, 0.1) is 0 Å². The van der Waals surface area contributed by atoms with Gasteiger partial charge in [0.05, 0.1) is 26.4 Å². The maximum absolute atomic E-state index is 9.51. The molecule has 0 rings (SSSR count). The fourth-order valence-electron chi connectivity index (χ4n) is 0.231. The summed E-state index contributed by atoms with van der Waals surface area (Å²) in [5.74, 6) is 0. The molecule has 0 aliphatic carbocycles. The molecular weight excluding hydrogens is 249 g/mol. The first kappa shape index (κ1) is 15.5. The summed E-state index contributed by atoms with van der Waals surface area (Å²) in [5.41, 5.74) is 0. The first-order valence-electron chi connectivity index (χ1n) is 2.90. The van der Waals surface area contributed by atoms with Gasteiger partial charge in [0.1, 0.15) is 0 Å². The summed E-state index contributed by atoms with van der Waals surface area (Å²) in [6, 6.07) is 0. The van der Waals surface area contributed by atoms with Crippen molar-refractivity contribution in [1.82, 2.24) is 0 Å². The van der Waals surface area contributed by atoms with Gasteiger partial charge in [0, 0.05) is 0 Å². The van der Waals surface area contributed by atoms with E-state index in [4.69, 9.17) is 10.2 Å². The SMILES string of the molecule is O=P(Cl)(Cl)Cl.OCCOCCO. The zero-order valence-corrected chi connectivity index (χ0v) is 9.28. The minimum atomic E-state index is -3.22. The summed E-state index contributed by atoms with van der Waals surface area (Å²) in [5, 5.41) is 13.0. The van der Waals surface area contributed by atoms with Gasteiger partial charge in [0.15, 0.2) is 0 Å². The van der Waals surface area contributed by atoms with Gasteiger partial charge in [0.25, 0.3) is 0 Å². The predicted octanol–water partition coefficient (Wildman–Crippen LogP) is 1.80. The Kier molecular flexibility index (Phi) is 13.0. The third kappa shape index (κ3) is 44.1. The van der Waals surface area contributed by atoms with Gasteiger partial charge in [-0.2, -0.15) is 0 Å². The van der Waals surface area contributed by atoms with Gasteiger partial charge >= 0.3 is 5.20 Å². The van der Waals surface area contributed by atoms with Gasteiger partial charge < -0.3 is 14.9 Å². The molecular formula is C4H10Cl3O4P. The second kappa shape index (κ2) is 10.1. The Bertz CT molecular complexity index is 115. The molecule has 0 saturated carbocycles. The molecule has 0 aliphatic rings. The summed E-state index contributed by atoms with van der Waals surface area (Å²) in [7, 11) is 0. The van der Waals surface area contributed by atoms with E-state index in [0.717, 1.165) is 0 Å². The Hall–Kier alpha value is 0.980. The van der Waals surface area contributed by atoms with Crippen LogP contribution in [-0.4, -0.2) is 36.6 Å². The number of hydrogen-bond acceptors (Lipinski definition) is 4. The molecule has 0 amide bonds. The summed E-state index contributed by atoms with van der Waals surface area (Å²) in [4.78, 5) is 0. The molecule has 0 radical (unpaired) electrons. The molecule has 0 spiro atoms. The van der Waals surface area contributed by atoms with E-state index in [-0.39, 0.29) is 13.2 Å². The molecule has 12 heavy (non-hydrogen) atoms. The predicted molar refractivity (Wildman–Crippen MR) is 50.2 cm³/mol. The van der Waals surface area contributed by atoms with Crippen molar-refractivity contribution in [3.05, 3.63) is 0 Å². The molecule has 0 atom stereocenters. The van der Waals surface area contributed by atoms with E-state index in [1.54, 1.807) is 0 Å². The first-order valence-corrected chi connectivity index (χ1v) is 7.32. The normalized spacial score (nSPS) is 10.4. The molecule has 4 nitrogen and oxygen atoms in total. The van der Waals surface area contributed by atoms with E-state index in [1.165, 1.54) is 0 Å². The van der Waals surface area contributed by atoms with Crippen LogP contribution >= 0.6 is 38.9 Å². The number of rotatable bonds is 4. The highest BCUT2D eigenvalue weighted by atomic mass is 36.0. The quantitative estimate of drug-likeness (QED) is 0.597. The van der Waals surface area contributed by atoms with Crippen molar-refractivity contribution in [2.75, 3.05) is 26.4 Å². The maximum atomic E-state index is 9.51. The summed E-state index contributed by atoms with van der Waals surface area (Å²) >= 11 is 13.8. The van der Waals surface area contributed by atoms with Crippen molar-refractivity contribution in [2.24, 2.45) is 0 Å². The van der Waals surface area contributed by atoms with Crippen molar-refractivity contribution in [3.63, 3.8) is 0 Å². The molecule has 0 aromatic heterocycles. The Balaban J connectivity index is 0. The summed E-state index contributed by atoms with van der Waals surface area (Å²) in [6.07, 6.45) is 0. The molecule has 0 aliphatic heterocycles. The standard InChI is InChI=1S/C4H10O3.Cl3OP/c5-1-3-7-4-2-6;1-5(2,3)4/h5-6H,1-4H2;. The minimum Gasteiger partial charge on any atom is -0.394 e. The Morgan fingerprint density at radius 3 is 1.50 bits per heavy atom. The third-order valence-corrected chi connectivity index (χ3v) is 0.471. The maximum Gasteiger partial charge on any atom is 0.339 e. The van der Waals surface area contributed by atoms with Gasteiger partial charge in [-0.25, -0.2) is 0 Å². The lowest BCUT2D eigenvalue weighted by atomic mass is 10.7. The van der Waals surface area contributed by atoms with E-state index in [2.05, 4.69) is 38.5 Å². The van der Waals surface area contributed by atoms with Crippen LogP contribution in [0.1, 0.15) is 0 Å². The van der Waals surface area contributed by atoms with E-state index >= 15 is 0 Å². The van der Waals surface area contributed by atoms with E-state index < -0.39 is 5.20 Å². The molecule has 0 unspecified atom stereocenters. The lowest BCUT2D eigenvalue weighted by Crippen LogP contribution is -2.03. The second-order valence-electron chi connectivity index (χ2n) is 1.46. The summed E-state index contributed by atoms with van der Waals surface area (Å²) < 4.78 is 14.1. The third-order valence-electron chi connectivity index (χ3n) is 0.471. The van der Waals surface area contributed by atoms with Crippen molar-refractivity contribution in [2.45, 2.75) is 0 Å². The van der Waals surface area contributed by atoms with Crippen LogP contribution in [0.3, 0.4) is 0 Å². The van der Waals surface area contributed by atoms with E-state index in [1.807, 2.05) is 0 Å². The van der Waals surface area contributed by atoms with Crippen LogP contribution in [0.25, 0.3) is 0 Å². The molecule has 2 N–H and O–H groups in total. The molecule has 0 bridgehead atoms. The van der Waals surface area contributed by atoms with Crippen molar-refractivity contribution < 1.29 is 19.5 Å². The lowest BCUT2D eigenvalue weighted by Gasteiger charge is -1.94. The highest BCUT2D eigenvalue weighted by Gasteiger charge is 2.02. The van der Waals surface area contributed by atoms with Gasteiger partial charge in [-0.1, -0.05) is 0 Å². The van der Waals surface area contributed by atoms with Gasteiger partial charge in [-0.15, -0.1) is 0 Å². The number of aliphatic hydroxyl groups is 2. The molecule has 0 aromatic rings. The molecule has 76 valence electrons. The van der Waals surface area contributed by atoms with Crippen LogP contribution in [-0.2, 0) is 9.30 Å². The zero-order chi connectivity index (χ0) is 10.0. The van der Waals surface area contributed by atoms with E-state index in [9.17, 15) is 4.57 Å². The molecule has 0 fully saturated rings. The molecule has 0 heterocycles. The highest BCUT2D eigenvalue weighted by Crippen LogP contribution is 2.61. The monoisotopic (exact) mass is 258 g/mol. The van der Waals surface area contributed by atoms with Gasteiger partial charge in [0.2, 0.25) is 0 Å². The zero-order valence-electron chi connectivity index (χ0n) is 6.12. The lowest BCUT2D eigenvalue weighted by molar-refractivity contribution is 0.0650. The molecule has 0 saturated heterocycles. The van der Waals surface area contributed by atoms with Crippen molar-refractivity contribution in [3.8, 4) is 0 Å². The Labute approximate surface area is 85.1 Å². The largest absolute Gasteiger partial charge is 0.394 e. The molecule has 0 aromatic carbocycles. The van der Waals surface area contributed by atoms with Crippen LogP contribution < -0.4 is 0 Å². The van der Waals surface area contributed by atoms with Crippen LogP contribution in [0.5, 0.6) is 0 Å². The highest BCUT2D eigenvalue weighted by molar-refractivity contribution is 8.24. The first-order chi connectivity index (χ1) is 5.41.